The van der Waals surface area contributed by atoms with Gasteiger partial charge in [0.2, 0.25) is 0 Å². The molecule has 2 N–H and O–H groups in total. The molecule has 0 saturated heterocycles. The predicted molar refractivity (Wildman–Crippen MR) is 87.8 cm³/mol. The molecule has 0 amide bonds. The first-order valence-corrected chi connectivity index (χ1v) is 8.23. The maximum atomic E-state index is 6.32. The maximum absolute atomic E-state index is 6.32. The summed E-state index contributed by atoms with van der Waals surface area (Å²) in [5.41, 5.74) is 7.94. The number of fused-ring (bicyclic) bond motifs is 1. The monoisotopic (exact) mass is 320 g/mol. The first kappa shape index (κ1) is 13.9. The van der Waals surface area contributed by atoms with E-state index < -0.39 is 0 Å². The Morgan fingerprint density at radius 1 is 1.25 bits per heavy atom. The van der Waals surface area contributed by atoms with E-state index in [2.05, 4.69) is 11.1 Å². The van der Waals surface area contributed by atoms with Crippen molar-refractivity contribution in [1.82, 2.24) is 4.98 Å². The second-order valence-electron chi connectivity index (χ2n) is 4.53. The Kier molecular flexibility index (Phi) is 3.98. The fourth-order valence-electron chi connectivity index (χ4n) is 1.87. The molecule has 0 radical (unpaired) electrons. The third-order valence-electron chi connectivity index (χ3n) is 2.95. The van der Waals surface area contributed by atoms with Gasteiger partial charge in [0.25, 0.3) is 0 Å². The summed E-state index contributed by atoms with van der Waals surface area (Å²) in [6, 6.07) is 14.1. The van der Waals surface area contributed by atoms with E-state index in [1.807, 2.05) is 43.3 Å². The molecule has 0 fully saturated rings. The summed E-state index contributed by atoms with van der Waals surface area (Å²) in [6.07, 6.45) is 0. The van der Waals surface area contributed by atoms with Crippen LogP contribution >= 0.6 is 34.7 Å². The van der Waals surface area contributed by atoms with Gasteiger partial charge in [0.05, 0.1) is 15.2 Å². The zero-order chi connectivity index (χ0) is 14.1. The van der Waals surface area contributed by atoms with Gasteiger partial charge in [0.15, 0.2) is 4.34 Å². The van der Waals surface area contributed by atoms with Crippen LogP contribution in [0.2, 0.25) is 5.02 Å². The Morgan fingerprint density at radius 3 is 2.75 bits per heavy atom. The number of para-hydroxylation sites is 1. The van der Waals surface area contributed by atoms with Crippen molar-refractivity contribution in [1.29, 1.82) is 0 Å². The van der Waals surface area contributed by atoms with Gasteiger partial charge < -0.3 is 5.73 Å². The highest BCUT2D eigenvalue weighted by Crippen LogP contribution is 2.38. The number of aromatic nitrogens is 1. The van der Waals surface area contributed by atoms with Crippen molar-refractivity contribution in [2.75, 3.05) is 0 Å². The lowest BCUT2D eigenvalue weighted by molar-refractivity contribution is 0.817. The Balaban J connectivity index is 1.90. The second kappa shape index (κ2) is 5.74. The number of hydrogen-bond donors (Lipinski definition) is 1. The van der Waals surface area contributed by atoms with Crippen LogP contribution in [0, 0.1) is 0 Å². The Hall–Kier alpha value is -1.07. The fourth-order valence-corrected chi connectivity index (χ4v) is 4.20. The molecular formula is C15H13ClN2S2. The van der Waals surface area contributed by atoms with Crippen molar-refractivity contribution in [2.45, 2.75) is 22.2 Å². The molecule has 0 spiro atoms. The largest absolute Gasteiger partial charge is 0.324 e. The molecule has 2 aromatic carbocycles. The molecule has 3 rings (SSSR count). The molecule has 102 valence electrons. The first-order chi connectivity index (χ1) is 9.63. The molecule has 1 heterocycles. The van der Waals surface area contributed by atoms with E-state index in [9.17, 15) is 0 Å². The van der Waals surface area contributed by atoms with Crippen molar-refractivity contribution < 1.29 is 0 Å². The lowest BCUT2D eigenvalue weighted by atomic mass is 10.1. The highest BCUT2D eigenvalue weighted by molar-refractivity contribution is 8.01. The minimum Gasteiger partial charge on any atom is -0.324 e. The average Bonchev–Trinajstić information content (AvgIpc) is 2.83. The number of nitrogens with two attached hydrogens (primary N) is 1. The maximum Gasteiger partial charge on any atom is 0.155 e. The molecule has 1 atom stereocenters. The highest BCUT2D eigenvalue weighted by atomic mass is 35.5. The van der Waals surface area contributed by atoms with Gasteiger partial charge >= 0.3 is 0 Å². The second-order valence-corrected chi connectivity index (χ2v) is 7.26. The van der Waals surface area contributed by atoms with Crippen molar-refractivity contribution in [3.8, 4) is 0 Å². The molecule has 3 aromatic rings. The van der Waals surface area contributed by atoms with Crippen LogP contribution in [0.5, 0.6) is 0 Å². The van der Waals surface area contributed by atoms with Crippen LogP contribution in [0.15, 0.2) is 51.7 Å². The van der Waals surface area contributed by atoms with Crippen LogP contribution in [0.4, 0.5) is 0 Å². The molecule has 0 saturated carbocycles. The van der Waals surface area contributed by atoms with Crippen LogP contribution in [-0.2, 0) is 0 Å². The first-order valence-electron chi connectivity index (χ1n) is 6.22. The van der Waals surface area contributed by atoms with Crippen molar-refractivity contribution in [2.24, 2.45) is 5.73 Å². The predicted octanol–water partition coefficient (Wildman–Crippen LogP) is 5.12. The molecule has 5 heteroatoms. The highest BCUT2D eigenvalue weighted by Gasteiger charge is 2.09. The SMILES string of the molecule is CC(N)c1ccc(Sc2nc3ccccc3s2)c(Cl)c1. The quantitative estimate of drug-likeness (QED) is 0.728. The van der Waals surface area contributed by atoms with Crippen LogP contribution in [0.1, 0.15) is 18.5 Å². The van der Waals surface area contributed by atoms with Gasteiger partial charge in [-0.15, -0.1) is 11.3 Å². The average molecular weight is 321 g/mol. The molecule has 20 heavy (non-hydrogen) atoms. The smallest absolute Gasteiger partial charge is 0.155 e. The zero-order valence-corrected chi connectivity index (χ0v) is 13.2. The number of benzene rings is 2. The number of thiazole rings is 1. The van der Waals surface area contributed by atoms with E-state index >= 15 is 0 Å². The molecule has 1 unspecified atom stereocenters. The summed E-state index contributed by atoms with van der Waals surface area (Å²) >= 11 is 9.60. The molecule has 0 aliphatic rings. The summed E-state index contributed by atoms with van der Waals surface area (Å²) in [4.78, 5) is 5.61. The number of nitrogens with zero attached hydrogens (tertiary/aromatic N) is 1. The topological polar surface area (TPSA) is 38.9 Å². The van der Waals surface area contributed by atoms with Gasteiger partial charge in [0, 0.05) is 10.9 Å². The number of hydrogen-bond acceptors (Lipinski definition) is 4. The van der Waals surface area contributed by atoms with E-state index in [1.54, 1.807) is 23.1 Å². The zero-order valence-electron chi connectivity index (χ0n) is 10.8. The molecular weight excluding hydrogens is 308 g/mol. The van der Waals surface area contributed by atoms with Crippen LogP contribution < -0.4 is 5.73 Å². The van der Waals surface area contributed by atoms with Crippen molar-refractivity contribution >= 4 is 44.9 Å². The Bertz CT molecular complexity index is 719. The molecule has 2 nitrogen and oxygen atoms in total. The van der Waals surface area contributed by atoms with E-state index in [4.69, 9.17) is 17.3 Å². The normalized spacial score (nSPS) is 12.8. The van der Waals surface area contributed by atoms with Crippen LogP contribution in [-0.4, -0.2) is 4.98 Å². The van der Waals surface area contributed by atoms with E-state index in [1.165, 1.54) is 4.70 Å². The van der Waals surface area contributed by atoms with Crippen molar-refractivity contribution in [3.05, 3.63) is 53.1 Å². The molecule has 1 aromatic heterocycles. The molecule has 0 bridgehead atoms. The van der Waals surface area contributed by atoms with Gasteiger partial charge in [-0.1, -0.05) is 41.6 Å². The van der Waals surface area contributed by atoms with Gasteiger partial charge in [-0.3, -0.25) is 0 Å². The molecule has 0 aliphatic carbocycles. The van der Waals surface area contributed by atoms with E-state index in [0.717, 1.165) is 25.3 Å². The third kappa shape index (κ3) is 2.83. The molecule has 0 aliphatic heterocycles. The number of halogens is 1. The lowest BCUT2D eigenvalue weighted by Gasteiger charge is -2.08. The third-order valence-corrected chi connectivity index (χ3v) is 5.55. The van der Waals surface area contributed by atoms with Crippen LogP contribution in [0.3, 0.4) is 0 Å². The van der Waals surface area contributed by atoms with E-state index in [-0.39, 0.29) is 6.04 Å². The van der Waals surface area contributed by atoms with Gasteiger partial charge in [-0.05, 0) is 36.8 Å². The van der Waals surface area contributed by atoms with Gasteiger partial charge in [-0.2, -0.15) is 0 Å². The summed E-state index contributed by atoms with van der Waals surface area (Å²) in [5, 5.41) is 0.726. The van der Waals surface area contributed by atoms with Crippen LogP contribution in [0.25, 0.3) is 10.2 Å². The summed E-state index contributed by atoms with van der Waals surface area (Å²) in [6.45, 7) is 1.95. The fraction of sp³-hybridized carbons (Fsp3) is 0.133. The van der Waals surface area contributed by atoms with Gasteiger partial charge in [-0.25, -0.2) is 4.98 Å². The van der Waals surface area contributed by atoms with E-state index in [0.29, 0.717) is 0 Å². The summed E-state index contributed by atoms with van der Waals surface area (Å²) < 4.78 is 2.19. The minimum absolute atomic E-state index is 0.00555. The lowest BCUT2D eigenvalue weighted by Crippen LogP contribution is -2.04. The summed E-state index contributed by atoms with van der Waals surface area (Å²) in [5.74, 6) is 0. The van der Waals surface area contributed by atoms with Crippen molar-refractivity contribution in [3.63, 3.8) is 0 Å². The Morgan fingerprint density at radius 2 is 2.05 bits per heavy atom. The standard InChI is InChI=1S/C15H13ClN2S2/c1-9(17)10-6-7-13(11(16)8-10)19-15-18-12-4-2-3-5-14(12)20-15/h2-9H,17H2,1H3. The number of rotatable bonds is 3. The summed E-state index contributed by atoms with van der Waals surface area (Å²) in [7, 11) is 0. The minimum atomic E-state index is -0.00555. The van der Waals surface area contributed by atoms with Gasteiger partial charge in [0.1, 0.15) is 0 Å². The Labute approximate surface area is 131 Å².